The molecule has 0 spiro atoms. The summed E-state index contributed by atoms with van der Waals surface area (Å²) in [6.45, 7) is -0.972. The first-order valence-electron chi connectivity index (χ1n) is 10.4. The first-order chi connectivity index (χ1) is 17.4. The largest absolute Gasteiger partial charge is 0.573 e. The molecule has 0 radical (unpaired) electrons. The van der Waals surface area contributed by atoms with Gasteiger partial charge in [0.25, 0.3) is 10.0 Å². The van der Waals surface area contributed by atoms with Gasteiger partial charge in [0.1, 0.15) is 18.0 Å². The number of Topliss-reactive ketones (excluding diaryl/α,β-unsaturated/α-hetero) is 1. The highest BCUT2D eigenvalue weighted by Gasteiger charge is 2.42. The van der Waals surface area contributed by atoms with Crippen LogP contribution in [0.15, 0.2) is 83.4 Å². The van der Waals surface area contributed by atoms with E-state index < -0.39 is 51.8 Å². The van der Waals surface area contributed by atoms with Gasteiger partial charge in [0.15, 0.2) is 5.76 Å². The first-order valence-corrected chi connectivity index (χ1v) is 12.2. The van der Waals surface area contributed by atoms with Gasteiger partial charge in [-0.2, -0.15) is 0 Å². The maximum absolute atomic E-state index is 13.4. The number of fused-ring (bicyclic) bond motifs is 1. The van der Waals surface area contributed by atoms with E-state index in [-0.39, 0.29) is 21.7 Å². The van der Waals surface area contributed by atoms with Crippen LogP contribution in [0.5, 0.6) is 5.75 Å². The number of ether oxygens (including phenoxy) is 1. The van der Waals surface area contributed by atoms with Crippen molar-refractivity contribution in [2.24, 2.45) is 0 Å². The van der Waals surface area contributed by atoms with Gasteiger partial charge in [-0.25, -0.2) is 12.7 Å². The lowest BCUT2D eigenvalue weighted by Gasteiger charge is -2.31. The molecule has 0 aliphatic carbocycles. The van der Waals surface area contributed by atoms with Crippen molar-refractivity contribution in [1.82, 2.24) is 4.31 Å². The Morgan fingerprint density at radius 3 is 2.38 bits per heavy atom. The van der Waals surface area contributed by atoms with Crippen molar-refractivity contribution >= 4 is 44.8 Å². The van der Waals surface area contributed by atoms with Crippen LogP contribution >= 0.6 is 11.6 Å². The van der Waals surface area contributed by atoms with Crippen LogP contribution < -0.4 is 10.1 Å². The third-order valence-corrected chi connectivity index (χ3v) is 7.20. The molecule has 1 heterocycles. The molecule has 0 atom stereocenters. The molecule has 1 amide bonds. The Morgan fingerprint density at radius 2 is 1.70 bits per heavy atom. The molecule has 0 saturated carbocycles. The number of hydrogen-bond donors (Lipinski definition) is 2. The number of ketones is 1. The summed E-state index contributed by atoms with van der Waals surface area (Å²) < 4.78 is 68.7. The molecule has 1 aliphatic heterocycles. The van der Waals surface area contributed by atoms with E-state index in [9.17, 15) is 36.3 Å². The number of aliphatic hydroxyl groups excluding tert-OH is 1. The molecule has 192 valence electrons. The lowest BCUT2D eigenvalue weighted by molar-refractivity contribution is -0.274. The van der Waals surface area contributed by atoms with E-state index in [0.29, 0.717) is 9.33 Å². The molecule has 0 saturated heterocycles. The van der Waals surface area contributed by atoms with Gasteiger partial charge in [-0.05, 0) is 48.5 Å². The molecule has 0 bridgehead atoms. The maximum Gasteiger partial charge on any atom is 0.573 e. The average molecular weight is 553 g/mol. The third kappa shape index (κ3) is 5.54. The summed E-state index contributed by atoms with van der Waals surface area (Å²) in [6, 6.07) is 15.2. The third-order valence-electron chi connectivity index (χ3n) is 5.14. The normalized spacial score (nSPS) is 16.1. The number of amides is 1. The van der Waals surface area contributed by atoms with Gasteiger partial charge in [0.2, 0.25) is 11.7 Å². The van der Waals surface area contributed by atoms with Crippen LogP contribution in [-0.4, -0.2) is 42.4 Å². The number of halogens is 4. The number of carbonyl (C=O) groups is 2. The Labute approximate surface area is 213 Å². The van der Waals surface area contributed by atoms with E-state index in [4.69, 9.17) is 11.6 Å². The number of carbonyl (C=O) groups excluding carboxylic acids is 2. The van der Waals surface area contributed by atoms with Crippen molar-refractivity contribution in [1.29, 1.82) is 0 Å². The Bertz CT molecular complexity index is 1520. The molecule has 3 aromatic rings. The zero-order chi connectivity index (χ0) is 27.0. The SMILES string of the molecule is O=C(CN1C(=C(O)c2ccc(Cl)cc2)C(=O)c2ccccc2S1(=O)=O)Nc1cccc(OC(F)(F)F)c1. The van der Waals surface area contributed by atoms with Crippen LogP contribution in [-0.2, 0) is 14.8 Å². The lowest BCUT2D eigenvalue weighted by Crippen LogP contribution is -2.43. The first kappa shape index (κ1) is 26.0. The minimum atomic E-state index is -4.96. The number of benzene rings is 3. The number of allylic oxidation sites excluding steroid dienone is 1. The minimum absolute atomic E-state index is 0.0599. The van der Waals surface area contributed by atoms with Crippen LogP contribution in [0.3, 0.4) is 0 Å². The van der Waals surface area contributed by atoms with Gasteiger partial charge in [-0.1, -0.05) is 29.8 Å². The second-order valence-corrected chi connectivity index (χ2v) is 9.93. The Kier molecular flexibility index (Phi) is 6.89. The molecule has 0 unspecified atom stereocenters. The summed E-state index contributed by atoms with van der Waals surface area (Å²) >= 11 is 5.87. The summed E-state index contributed by atoms with van der Waals surface area (Å²) in [7, 11) is -4.51. The second kappa shape index (κ2) is 9.79. The molecule has 2 N–H and O–H groups in total. The molecule has 0 aromatic heterocycles. The second-order valence-electron chi connectivity index (χ2n) is 7.66. The van der Waals surface area contributed by atoms with Crippen LogP contribution in [0.1, 0.15) is 15.9 Å². The number of hydrogen-bond acceptors (Lipinski definition) is 6. The average Bonchev–Trinajstić information content (AvgIpc) is 2.82. The predicted octanol–water partition coefficient (Wildman–Crippen LogP) is 4.99. The molecule has 37 heavy (non-hydrogen) atoms. The van der Waals surface area contributed by atoms with E-state index in [1.165, 1.54) is 60.7 Å². The van der Waals surface area contributed by atoms with Crippen molar-refractivity contribution in [2.75, 3.05) is 11.9 Å². The predicted molar refractivity (Wildman–Crippen MR) is 127 cm³/mol. The quantitative estimate of drug-likeness (QED) is 0.340. The van der Waals surface area contributed by atoms with E-state index in [1.807, 2.05) is 0 Å². The summed E-state index contributed by atoms with van der Waals surface area (Å²) in [6.07, 6.45) is -4.96. The number of nitrogens with one attached hydrogen (secondary N) is 1. The number of nitrogens with zero attached hydrogens (tertiary/aromatic N) is 1. The summed E-state index contributed by atoms with van der Waals surface area (Å²) in [5.74, 6) is -3.18. The van der Waals surface area contributed by atoms with Gasteiger partial charge in [0, 0.05) is 27.9 Å². The Balaban J connectivity index is 1.73. The topological polar surface area (TPSA) is 113 Å². The fourth-order valence-electron chi connectivity index (χ4n) is 3.59. The summed E-state index contributed by atoms with van der Waals surface area (Å²) in [4.78, 5) is 25.8. The molecule has 0 fully saturated rings. The molecule has 13 heteroatoms. The van der Waals surface area contributed by atoms with Gasteiger partial charge in [-0.15, -0.1) is 13.2 Å². The van der Waals surface area contributed by atoms with Gasteiger partial charge in [0.05, 0.1) is 4.90 Å². The van der Waals surface area contributed by atoms with Crippen molar-refractivity contribution in [3.05, 3.63) is 94.6 Å². The van der Waals surface area contributed by atoms with Gasteiger partial charge in [-0.3, -0.25) is 9.59 Å². The summed E-state index contributed by atoms with van der Waals surface area (Å²) in [5.41, 5.74) is -0.943. The van der Waals surface area contributed by atoms with Crippen LogP contribution in [0, 0.1) is 0 Å². The van der Waals surface area contributed by atoms with Crippen molar-refractivity contribution in [2.45, 2.75) is 11.3 Å². The number of rotatable bonds is 5. The number of alkyl halides is 3. The van der Waals surface area contributed by atoms with Crippen LogP contribution in [0.25, 0.3) is 5.76 Å². The van der Waals surface area contributed by atoms with E-state index in [1.54, 1.807) is 0 Å². The van der Waals surface area contributed by atoms with E-state index in [0.717, 1.165) is 12.1 Å². The van der Waals surface area contributed by atoms with Crippen molar-refractivity contribution in [3.8, 4) is 5.75 Å². The van der Waals surface area contributed by atoms with Gasteiger partial charge >= 0.3 is 6.36 Å². The Hall–Kier alpha value is -4.03. The smallest absolute Gasteiger partial charge is 0.505 e. The zero-order valence-electron chi connectivity index (χ0n) is 18.5. The Morgan fingerprint density at radius 1 is 1.03 bits per heavy atom. The monoisotopic (exact) mass is 552 g/mol. The van der Waals surface area contributed by atoms with Crippen LogP contribution in [0.2, 0.25) is 5.02 Å². The molecule has 8 nitrogen and oxygen atoms in total. The lowest BCUT2D eigenvalue weighted by atomic mass is 10.0. The molecule has 4 rings (SSSR count). The van der Waals surface area contributed by atoms with E-state index in [2.05, 4.69) is 10.1 Å². The zero-order valence-corrected chi connectivity index (χ0v) is 20.1. The molecular formula is C24H16ClF3N2O6S. The number of aliphatic hydroxyl groups is 1. The highest BCUT2D eigenvalue weighted by Crippen LogP contribution is 2.35. The highest BCUT2D eigenvalue weighted by molar-refractivity contribution is 7.89. The molecule has 3 aromatic carbocycles. The van der Waals surface area contributed by atoms with Crippen molar-refractivity contribution < 1.29 is 41.0 Å². The maximum atomic E-state index is 13.4. The summed E-state index contributed by atoms with van der Waals surface area (Å²) in [5, 5.41) is 13.5. The standard InChI is InChI=1S/C24H16ClF3N2O6S/c25-15-10-8-14(9-11-15)22(32)21-23(33)18-6-1-2-7-19(18)37(34,35)30(21)13-20(31)29-16-4-3-5-17(12-16)36-24(26,27)28/h1-12,32H,13H2,(H,29,31). The molecular weight excluding hydrogens is 537 g/mol. The van der Waals surface area contributed by atoms with Crippen molar-refractivity contribution in [3.63, 3.8) is 0 Å². The fourth-order valence-corrected chi connectivity index (χ4v) is 5.34. The van der Waals surface area contributed by atoms with Gasteiger partial charge < -0.3 is 15.2 Å². The number of sulfonamides is 1. The number of anilines is 1. The van der Waals surface area contributed by atoms with Crippen LogP contribution in [0.4, 0.5) is 18.9 Å². The minimum Gasteiger partial charge on any atom is -0.505 e. The van der Waals surface area contributed by atoms with E-state index >= 15 is 0 Å². The molecule has 1 aliphatic rings. The fraction of sp³-hybridized carbons (Fsp3) is 0.0833. The highest BCUT2D eigenvalue weighted by atomic mass is 35.5.